The quantitative estimate of drug-likeness (QED) is 0.394. The first kappa shape index (κ1) is 20.1. The summed E-state index contributed by atoms with van der Waals surface area (Å²) in [7, 11) is -7.88. The van der Waals surface area contributed by atoms with E-state index in [1.807, 2.05) is 17.5 Å². The van der Waals surface area contributed by atoms with Gasteiger partial charge in [-0.2, -0.15) is 0 Å². The Bertz CT molecular complexity index is 1250. The van der Waals surface area contributed by atoms with Crippen molar-refractivity contribution < 1.29 is 22.2 Å². The Labute approximate surface area is 167 Å². The van der Waals surface area contributed by atoms with Crippen LogP contribution in [0.1, 0.15) is 10.4 Å². The van der Waals surface area contributed by atoms with Gasteiger partial charge in [0.25, 0.3) is 10.0 Å². The summed E-state index contributed by atoms with van der Waals surface area (Å²) in [5.41, 5.74) is 7.52. The van der Waals surface area contributed by atoms with Gasteiger partial charge in [0.05, 0.1) is 15.3 Å². The SMILES string of the molecule is CS(=O)(=O)c1ccccc1S(=O)(=O)Nc1ccc(N)c(C(=[NH2+])c2cccs2)c1. The van der Waals surface area contributed by atoms with Crippen LogP contribution in [0.5, 0.6) is 0 Å². The zero-order valence-electron chi connectivity index (χ0n) is 14.8. The van der Waals surface area contributed by atoms with E-state index < -0.39 is 19.9 Å². The van der Waals surface area contributed by atoms with Crippen molar-refractivity contribution in [3.8, 4) is 0 Å². The van der Waals surface area contributed by atoms with Crippen LogP contribution in [0.3, 0.4) is 0 Å². The van der Waals surface area contributed by atoms with E-state index in [1.165, 1.54) is 53.8 Å². The van der Waals surface area contributed by atoms with Crippen LogP contribution in [0.15, 0.2) is 69.8 Å². The highest BCUT2D eigenvalue weighted by molar-refractivity contribution is 7.95. The molecule has 28 heavy (non-hydrogen) atoms. The Balaban J connectivity index is 2.01. The van der Waals surface area contributed by atoms with Crippen molar-refractivity contribution in [3.63, 3.8) is 0 Å². The maximum Gasteiger partial charge on any atom is 0.263 e. The number of nitrogens with one attached hydrogen (secondary N) is 1. The molecule has 0 atom stereocenters. The minimum absolute atomic E-state index is 0.215. The number of rotatable bonds is 6. The number of hydrogen-bond donors (Lipinski definition) is 3. The number of benzene rings is 2. The number of anilines is 2. The van der Waals surface area contributed by atoms with Crippen LogP contribution in [0, 0.1) is 0 Å². The molecule has 3 aromatic rings. The van der Waals surface area contributed by atoms with Crippen LogP contribution in [0.25, 0.3) is 0 Å². The highest BCUT2D eigenvalue weighted by atomic mass is 32.2. The number of nitrogen functional groups attached to an aromatic ring is 1. The van der Waals surface area contributed by atoms with Crippen molar-refractivity contribution in [1.82, 2.24) is 0 Å². The Kier molecular flexibility index (Phi) is 5.28. The summed E-state index contributed by atoms with van der Waals surface area (Å²) in [6.45, 7) is 0. The van der Waals surface area contributed by atoms with Gasteiger partial charge in [0.15, 0.2) is 9.84 Å². The van der Waals surface area contributed by atoms with Gasteiger partial charge in [0, 0.05) is 17.6 Å². The van der Waals surface area contributed by atoms with Crippen molar-refractivity contribution in [3.05, 3.63) is 70.4 Å². The van der Waals surface area contributed by atoms with Crippen molar-refractivity contribution >= 4 is 48.3 Å². The zero-order chi connectivity index (χ0) is 20.5. The maximum atomic E-state index is 12.8. The van der Waals surface area contributed by atoms with E-state index in [0.29, 0.717) is 17.0 Å². The normalized spacial score (nSPS) is 11.9. The number of thiophene rings is 1. The van der Waals surface area contributed by atoms with Gasteiger partial charge in [-0.05, 0) is 41.8 Å². The Hall–Kier alpha value is -2.69. The lowest BCUT2D eigenvalue weighted by molar-refractivity contribution is -0.111. The predicted molar refractivity (Wildman–Crippen MR) is 111 cm³/mol. The van der Waals surface area contributed by atoms with Gasteiger partial charge in [-0.3, -0.25) is 10.1 Å². The van der Waals surface area contributed by atoms with Gasteiger partial charge in [-0.25, -0.2) is 16.8 Å². The monoisotopic (exact) mass is 436 g/mol. The van der Waals surface area contributed by atoms with Crippen molar-refractivity contribution in [2.45, 2.75) is 9.79 Å². The second-order valence-electron chi connectivity index (χ2n) is 6.02. The third-order valence-corrected chi connectivity index (χ3v) is 7.55. The largest absolute Gasteiger partial charge is 0.398 e. The summed E-state index contributed by atoms with van der Waals surface area (Å²) in [6.07, 6.45) is 0.958. The fraction of sp³-hybridized carbons (Fsp3) is 0.0556. The van der Waals surface area contributed by atoms with E-state index in [-0.39, 0.29) is 15.5 Å². The Morgan fingerprint density at radius 1 is 1.00 bits per heavy atom. The smallest absolute Gasteiger partial charge is 0.263 e. The van der Waals surface area contributed by atoms with Crippen LogP contribution in [-0.2, 0) is 19.9 Å². The van der Waals surface area contributed by atoms with E-state index in [0.717, 1.165) is 11.1 Å². The molecule has 0 saturated heterocycles. The molecule has 0 aliphatic heterocycles. The molecule has 0 aliphatic rings. The van der Waals surface area contributed by atoms with Crippen molar-refractivity contribution in [2.24, 2.45) is 0 Å². The molecule has 0 bridgehead atoms. The molecule has 2 aromatic carbocycles. The van der Waals surface area contributed by atoms with Crippen LogP contribution in [0.2, 0.25) is 0 Å². The van der Waals surface area contributed by atoms with Crippen LogP contribution < -0.4 is 15.9 Å². The lowest BCUT2D eigenvalue weighted by atomic mass is 10.1. The first-order chi connectivity index (χ1) is 13.1. The number of sulfonamides is 1. The third-order valence-electron chi connectivity index (χ3n) is 3.92. The van der Waals surface area contributed by atoms with Gasteiger partial charge in [-0.15, -0.1) is 11.3 Å². The molecule has 0 unspecified atom stereocenters. The number of sulfone groups is 1. The van der Waals surface area contributed by atoms with Crippen molar-refractivity contribution in [2.75, 3.05) is 16.7 Å². The van der Waals surface area contributed by atoms with Gasteiger partial charge in [0.1, 0.15) is 4.90 Å². The average Bonchev–Trinajstić information content (AvgIpc) is 3.16. The van der Waals surface area contributed by atoms with E-state index >= 15 is 0 Å². The van der Waals surface area contributed by atoms with Gasteiger partial charge in [-0.1, -0.05) is 18.2 Å². The topological polar surface area (TPSA) is 132 Å². The summed E-state index contributed by atoms with van der Waals surface area (Å²) in [5, 5.41) is 8.05. The molecular weight excluding hydrogens is 418 g/mol. The molecule has 1 aromatic heterocycles. The molecule has 0 radical (unpaired) electrons. The molecule has 0 spiro atoms. The standard InChI is InChI=1S/C18H17N3O4S3/c1-27(22,23)16-6-2-3-7-17(16)28(24,25)21-12-8-9-14(19)13(11-12)18(20)15-5-4-10-26-15/h2-11,20-21H,19H2,1H3/p+1. The molecule has 0 fully saturated rings. The van der Waals surface area contributed by atoms with Crippen LogP contribution >= 0.6 is 11.3 Å². The maximum absolute atomic E-state index is 12.8. The highest BCUT2D eigenvalue weighted by Crippen LogP contribution is 2.26. The molecular formula is C18H18N3O4S3+. The second kappa shape index (κ2) is 7.38. The molecule has 3 rings (SSSR count). The molecule has 0 aliphatic carbocycles. The van der Waals surface area contributed by atoms with Crippen molar-refractivity contribution in [1.29, 1.82) is 0 Å². The summed E-state index contributed by atoms with van der Waals surface area (Å²) < 4.78 is 51.9. The summed E-state index contributed by atoms with van der Waals surface area (Å²) in [4.78, 5) is 0.197. The molecule has 7 nitrogen and oxygen atoms in total. The molecule has 1 heterocycles. The van der Waals surface area contributed by atoms with E-state index in [2.05, 4.69) is 4.72 Å². The molecule has 0 saturated carbocycles. The summed E-state index contributed by atoms with van der Waals surface area (Å²) in [5.74, 6) is 0. The first-order valence-corrected chi connectivity index (χ1v) is 12.2. The molecule has 146 valence electrons. The Morgan fingerprint density at radius 3 is 2.29 bits per heavy atom. The average molecular weight is 437 g/mol. The van der Waals surface area contributed by atoms with E-state index in [9.17, 15) is 16.8 Å². The highest BCUT2D eigenvalue weighted by Gasteiger charge is 2.24. The molecule has 5 N–H and O–H groups in total. The summed E-state index contributed by atoms with van der Waals surface area (Å²) >= 11 is 1.43. The number of nitrogens with two attached hydrogens (primary N) is 2. The molecule has 10 heteroatoms. The van der Waals surface area contributed by atoms with Gasteiger partial charge >= 0.3 is 0 Å². The third kappa shape index (κ3) is 4.08. The van der Waals surface area contributed by atoms with Gasteiger partial charge < -0.3 is 5.73 Å². The zero-order valence-corrected chi connectivity index (χ0v) is 17.2. The van der Waals surface area contributed by atoms with Crippen LogP contribution in [0.4, 0.5) is 11.4 Å². The summed E-state index contributed by atoms with van der Waals surface area (Å²) in [6, 6.07) is 13.6. The lowest BCUT2D eigenvalue weighted by Gasteiger charge is -2.12. The lowest BCUT2D eigenvalue weighted by Crippen LogP contribution is -2.41. The molecule has 0 amide bonds. The minimum atomic E-state index is -4.15. The Morgan fingerprint density at radius 2 is 1.68 bits per heavy atom. The van der Waals surface area contributed by atoms with Crippen LogP contribution in [-0.4, -0.2) is 28.8 Å². The van der Waals surface area contributed by atoms with E-state index in [1.54, 1.807) is 0 Å². The second-order valence-corrected chi connectivity index (χ2v) is 10.6. The number of hydrogen-bond acceptors (Lipinski definition) is 6. The predicted octanol–water partition coefficient (Wildman–Crippen LogP) is 1.13. The van der Waals surface area contributed by atoms with Gasteiger partial charge in [0.2, 0.25) is 5.71 Å². The van der Waals surface area contributed by atoms with E-state index in [4.69, 9.17) is 11.1 Å². The first-order valence-electron chi connectivity index (χ1n) is 7.98. The fourth-order valence-corrected chi connectivity index (χ4v) is 5.98. The fourth-order valence-electron chi connectivity index (χ4n) is 2.61. The minimum Gasteiger partial charge on any atom is -0.398 e.